The Morgan fingerprint density at radius 2 is 1.53 bits per heavy atom. The van der Waals surface area contributed by atoms with Crippen LogP contribution in [0.15, 0.2) is 121 Å². The summed E-state index contributed by atoms with van der Waals surface area (Å²) in [7, 11) is 0. The number of nitrogens with zero attached hydrogens (tertiary/aromatic N) is 7. The number of piperidine rings is 1. The number of hydrogen-bond acceptors (Lipinski definition) is 12. The number of allylic oxidation sites excluding steroid dienone is 1. The van der Waals surface area contributed by atoms with E-state index < -0.39 is 29.0 Å². The van der Waals surface area contributed by atoms with Crippen molar-refractivity contribution < 1.29 is 24.3 Å². The summed E-state index contributed by atoms with van der Waals surface area (Å²) in [5, 5.41) is 20.5. The lowest BCUT2D eigenvalue weighted by Crippen LogP contribution is -2.57. The van der Waals surface area contributed by atoms with Crippen molar-refractivity contribution in [2.24, 2.45) is 10.8 Å². The minimum Gasteiger partial charge on any atom is -0.391 e. The van der Waals surface area contributed by atoms with Gasteiger partial charge in [0, 0.05) is 50.3 Å². The number of nitrogens with one attached hydrogen (secondary N) is 3. The summed E-state index contributed by atoms with van der Waals surface area (Å²) in [4.78, 5) is 80.3. The minimum absolute atomic E-state index is 0.00900. The van der Waals surface area contributed by atoms with Crippen LogP contribution in [0.3, 0.4) is 0 Å². The van der Waals surface area contributed by atoms with Gasteiger partial charge in [-0.3, -0.25) is 24.2 Å². The third-order valence-corrected chi connectivity index (χ3v) is 16.7. The fourth-order valence-corrected chi connectivity index (χ4v) is 11.8. The fourth-order valence-electron chi connectivity index (χ4n) is 10.8. The predicted molar refractivity (Wildman–Crippen MR) is 304 cm³/mol. The van der Waals surface area contributed by atoms with Crippen LogP contribution < -0.4 is 20.9 Å². The van der Waals surface area contributed by atoms with Gasteiger partial charge in [0.15, 0.2) is 0 Å². The van der Waals surface area contributed by atoms with E-state index in [1.54, 1.807) is 29.9 Å². The molecule has 0 radical (unpaired) electrons. The molecule has 3 aliphatic heterocycles. The van der Waals surface area contributed by atoms with E-state index in [0.29, 0.717) is 35.3 Å². The summed E-state index contributed by atoms with van der Waals surface area (Å²) in [5.41, 5.74) is 9.75. The highest BCUT2D eigenvalue weighted by Crippen LogP contribution is 2.44. The van der Waals surface area contributed by atoms with E-state index in [4.69, 9.17) is 16.6 Å². The predicted octanol–water partition coefficient (Wildman–Crippen LogP) is 10.7. The summed E-state index contributed by atoms with van der Waals surface area (Å²) in [6.07, 6.45) is 9.79. The van der Waals surface area contributed by atoms with E-state index in [-0.39, 0.29) is 49.1 Å². The van der Waals surface area contributed by atoms with Crippen molar-refractivity contribution in [3.8, 4) is 32.8 Å². The van der Waals surface area contributed by atoms with Gasteiger partial charge in [0.1, 0.15) is 12.1 Å². The van der Waals surface area contributed by atoms with Gasteiger partial charge in [0.05, 0.1) is 74.3 Å². The monoisotopic (exact) mass is 1080 g/mol. The number of unbranched alkanes of at least 4 members (excludes halogenated alkanes) is 2. The lowest BCUT2D eigenvalue weighted by atomic mass is 9.77. The third-order valence-electron chi connectivity index (χ3n) is 15.4. The molecule has 6 aromatic rings. The summed E-state index contributed by atoms with van der Waals surface area (Å²) in [5.74, 6) is -0.479. The maximum atomic E-state index is 14.2. The second-order valence-electron chi connectivity index (χ2n) is 21.9. The Morgan fingerprint density at radius 3 is 2.23 bits per heavy atom. The number of thiazole rings is 1. The first-order valence-corrected chi connectivity index (χ1v) is 28.0. The molecule has 3 fully saturated rings. The maximum absolute atomic E-state index is 14.2. The summed E-state index contributed by atoms with van der Waals surface area (Å²) in [6, 6.07) is 26.1. The van der Waals surface area contributed by atoms with E-state index in [0.717, 1.165) is 101 Å². The van der Waals surface area contributed by atoms with Crippen molar-refractivity contribution in [3.63, 3.8) is 0 Å². The van der Waals surface area contributed by atoms with Gasteiger partial charge in [-0.25, -0.2) is 15.0 Å². The second kappa shape index (κ2) is 23.7. The molecule has 3 aromatic carbocycles. The molecule has 1 spiro atoms. The molecule has 0 unspecified atom stereocenters. The van der Waals surface area contributed by atoms with Gasteiger partial charge in [-0.05, 0) is 86.1 Å². The van der Waals surface area contributed by atoms with Crippen LogP contribution in [0.5, 0.6) is 0 Å². The first kappa shape index (κ1) is 54.8. The van der Waals surface area contributed by atoms with E-state index in [1.165, 1.54) is 4.90 Å². The van der Waals surface area contributed by atoms with Crippen molar-refractivity contribution in [2.75, 3.05) is 36.4 Å². The number of hydrogen-bond donors (Lipinski definition) is 4. The van der Waals surface area contributed by atoms with E-state index >= 15 is 0 Å². The smallest absolute Gasteiger partial charge is 0.246 e. The standard InChI is InChI=1S/C60H69ClN10O5S/c1-38(13-9-7-12-16-51(73)67-54(59(4,5)6)56(75)71-36-48(72)32-50(71)55(74)65-39(2)41-17-23-45(24-18-41)53-40(3)64-37-77-53)69-28-25-60(26-29-69)27-30-70(57(60)76)47-31-46(33-62-34-47)66-58-63-35-49(61)52(68-58)44-21-19-43(20-22-44)42-14-10-8-11-15-42/h8,10-11,14-15,17-24,31,33-35,37,39,48,50,54,72H,1,7,9,12-13,16,25-30,32,36H2,2-6H3,(H,65,74)(H,67,73)(H,63,66,68)/t39-,48+,50-,54+/m0/s1. The molecule has 0 bridgehead atoms. The average molecular weight is 1080 g/mol. The lowest BCUT2D eigenvalue weighted by molar-refractivity contribution is -0.144. The number of likely N-dealkylation sites (tertiary alicyclic amines) is 2. The van der Waals surface area contributed by atoms with Gasteiger partial charge in [-0.2, -0.15) is 0 Å². The Labute approximate surface area is 460 Å². The Kier molecular flexibility index (Phi) is 16.9. The molecule has 4 N–H and O–H groups in total. The Bertz CT molecular complexity index is 3080. The molecule has 0 saturated carbocycles. The fraction of sp³-hybridized carbons (Fsp3) is 0.400. The Balaban J connectivity index is 0.708. The zero-order valence-electron chi connectivity index (χ0n) is 44.6. The summed E-state index contributed by atoms with van der Waals surface area (Å²) >= 11 is 8.17. The van der Waals surface area contributed by atoms with Crippen LogP contribution in [0.1, 0.15) is 103 Å². The Morgan fingerprint density at radius 1 is 0.857 bits per heavy atom. The van der Waals surface area contributed by atoms with Crippen molar-refractivity contribution in [1.29, 1.82) is 0 Å². The zero-order valence-corrected chi connectivity index (χ0v) is 46.2. The normalized spacial score (nSPS) is 18.1. The number of benzene rings is 3. The van der Waals surface area contributed by atoms with E-state index in [2.05, 4.69) is 54.5 Å². The highest BCUT2D eigenvalue weighted by atomic mass is 35.5. The molecular weight excluding hydrogens is 1010 g/mol. The number of carbonyl (C=O) groups is 4. The maximum Gasteiger partial charge on any atom is 0.246 e. The summed E-state index contributed by atoms with van der Waals surface area (Å²) in [6.45, 7) is 16.1. The van der Waals surface area contributed by atoms with Crippen LogP contribution in [0, 0.1) is 17.8 Å². The number of carbonyl (C=O) groups excluding carboxylic acids is 4. The molecule has 77 heavy (non-hydrogen) atoms. The number of aromatic nitrogens is 4. The average Bonchev–Trinajstić information content (AvgIpc) is 4.15. The van der Waals surface area contributed by atoms with Gasteiger partial charge in [0.25, 0.3) is 0 Å². The van der Waals surface area contributed by atoms with Crippen molar-refractivity contribution in [2.45, 2.75) is 117 Å². The third kappa shape index (κ3) is 12.7. The molecule has 17 heteroatoms. The van der Waals surface area contributed by atoms with Crippen LogP contribution in [-0.4, -0.2) is 103 Å². The first-order valence-electron chi connectivity index (χ1n) is 26.7. The molecule has 0 aliphatic carbocycles. The van der Waals surface area contributed by atoms with Crippen LogP contribution in [0.25, 0.3) is 32.8 Å². The van der Waals surface area contributed by atoms with E-state index in [9.17, 15) is 24.3 Å². The highest BCUT2D eigenvalue weighted by molar-refractivity contribution is 7.13. The van der Waals surface area contributed by atoms with Crippen LogP contribution in [0.2, 0.25) is 5.02 Å². The van der Waals surface area contributed by atoms with E-state index in [1.807, 2.05) is 118 Å². The molecule has 3 aliphatic rings. The largest absolute Gasteiger partial charge is 0.391 e. The minimum atomic E-state index is -0.893. The van der Waals surface area contributed by atoms with Crippen molar-refractivity contribution >= 4 is 63.9 Å². The van der Waals surface area contributed by atoms with Crippen LogP contribution in [-0.2, 0) is 19.2 Å². The molecule has 9 rings (SSSR count). The molecule has 4 amide bonds. The molecule has 6 heterocycles. The molecule has 3 aromatic heterocycles. The molecule has 402 valence electrons. The number of halogens is 1. The number of aliphatic hydroxyl groups excluding tert-OH is 1. The molecule has 4 atom stereocenters. The van der Waals surface area contributed by atoms with Gasteiger partial charge in [0.2, 0.25) is 29.6 Å². The van der Waals surface area contributed by atoms with Gasteiger partial charge >= 0.3 is 0 Å². The molecule has 15 nitrogen and oxygen atoms in total. The SMILES string of the molecule is C=C(CCCCCC(=O)N[C@H](C(=O)N1C[C@H](O)C[C@H]1C(=O)N[C@@H](C)c1ccc(-c2scnc2C)cc1)C(C)(C)C)N1CCC2(CC1)CCN(c1cncc(Nc3ncc(Cl)c(-c4ccc(-c5ccccc5)cc4)n3)c1)C2=O. The number of pyridine rings is 1. The second-order valence-corrected chi connectivity index (χ2v) is 23.1. The van der Waals surface area contributed by atoms with Gasteiger partial charge in [-0.15, -0.1) is 11.3 Å². The number of anilines is 3. The number of aliphatic hydroxyl groups is 1. The lowest BCUT2D eigenvalue weighted by Gasteiger charge is -2.40. The van der Waals surface area contributed by atoms with Crippen LogP contribution >= 0.6 is 22.9 Å². The first-order chi connectivity index (χ1) is 37.0. The number of aryl methyl sites for hydroxylation is 1. The molecular formula is C60H69ClN10O5S. The topological polar surface area (TPSA) is 186 Å². The van der Waals surface area contributed by atoms with Gasteiger partial charge in [-0.1, -0.05) is 124 Å². The van der Waals surface area contributed by atoms with Gasteiger partial charge < -0.3 is 35.8 Å². The van der Waals surface area contributed by atoms with Crippen molar-refractivity contribution in [3.05, 3.63) is 138 Å². The highest BCUT2D eigenvalue weighted by Gasteiger charge is 2.49. The number of β-amino-alcohol motifs (C(OH)–C–C–N with tert-alkyl or cyclic N) is 1. The number of rotatable bonds is 18. The summed E-state index contributed by atoms with van der Waals surface area (Å²) < 4.78 is 0. The molecule has 3 saturated heterocycles. The number of amides is 4. The Hall–Kier alpha value is -7.01. The van der Waals surface area contributed by atoms with Crippen molar-refractivity contribution in [1.82, 2.24) is 40.4 Å². The van der Waals surface area contributed by atoms with Crippen LogP contribution in [0.4, 0.5) is 17.3 Å². The quantitative estimate of drug-likeness (QED) is 0.0600. The zero-order chi connectivity index (χ0) is 54.4.